The minimum Gasteiger partial charge on any atom is -0.383 e. The first-order valence-electron chi connectivity index (χ1n) is 10.9. The molecule has 176 valence electrons. The van der Waals surface area contributed by atoms with Gasteiger partial charge in [-0.2, -0.15) is 0 Å². The van der Waals surface area contributed by atoms with Gasteiger partial charge in [-0.15, -0.1) is 0 Å². The van der Waals surface area contributed by atoms with Crippen molar-refractivity contribution in [1.29, 1.82) is 0 Å². The number of carbonyl (C=O) groups is 3. The zero-order valence-electron chi connectivity index (χ0n) is 19.0. The van der Waals surface area contributed by atoms with E-state index in [-0.39, 0.29) is 24.3 Å². The zero-order valence-corrected chi connectivity index (χ0v) is 19.0. The number of ether oxygens (including phenoxy) is 1. The van der Waals surface area contributed by atoms with Crippen LogP contribution in [0.15, 0.2) is 78.9 Å². The first-order valence-corrected chi connectivity index (χ1v) is 10.9. The Labute approximate surface area is 198 Å². The van der Waals surface area contributed by atoms with Crippen LogP contribution in [0.3, 0.4) is 0 Å². The van der Waals surface area contributed by atoms with Crippen LogP contribution >= 0.6 is 0 Å². The van der Waals surface area contributed by atoms with Crippen molar-refractivity contribution in [3.05, 3.63) is 95.6 Å². The maximum absolute atomic E-state index is 12.3. The molecule has 0 fully saturated rings. The lowest BCUT2D eigenvalue weighted by Gasteiger charge is -2.10. The van der Waals surface area contributed by atoms with E-state index < -0.39 is 0 Å². The third-order valence-electron chi connectivity index (χ3n) is 4.90. The lowest BCUT2D eigenvalue weighted by molar-refractivity contribution is -0.114. The summed E-state index contributed by atoms with van der Waals surface area (Å²) in [6.45, 7) is 1.32. The van der Waals surface area contributed by atoms with Crippen molar-refractivity contribution in [2.75, 3.05) is 37.4 Å². The van der Waals surface area contributed by atoms with Gasteiger partial charge in [-0.1, -0.05) is 36.4 Å². The van der Waals surface area contributed by atoms with Gasteiger partial charge in [0.1, 0.15) is 0 Å². The number of hydrogen-bond acceptors (Lipinski definition) is 5. The summed E-state index contributed by atoms with van der Waals surface area (Å²) in [6, 6.07) is 23.2. The Balaban J connectivity index is 1.45. The van der Waals surface area contributed by atoms with Gasteiger partial charge in [-0.3, -0.25) is 14.4 Å². The van der Waals surface area contributed by atoms with Gasteiger partial charge in [0.2, 0.25) is 5.91 Å². The molecule has 3 aromatic carbocycles. The summed E-state index contributed by atoms with van der Waals surface area (Å²) in [4.78, 5) is 36.8. The second kappa shape index (κ2) is 12.8. The molecule has 0 saturated carbocycles. The maximum atomic E-state index is 12.3. The number of hydrogen-bond donors (Lipinski definition) is 4. The van der Waals surface area contributed by atoms with Gasteiger partial charge in [-0.25, -0.2) is 0 Å². The molecule has 3 amide bonds. The SMILES string of the molecule is COCCNC(=O)c1cccc(NCC(=O)Nc2ccc(C(=O)NCc3ccccc3)cc2)c1. The van der Waals surface area contributed by atoms with E-state index >= 15 is 0 Å². The van der Waals surface area contributed by atoms with Gasteiger partial charge in [-0.05, 0) is 48.0 Å². The van der Waals surface area contributed by atoms with Crippen molar-refractivity contribution in [3.8, 4) is 0 Å². The van der Waals surface area contributed by atoms with Crippen LogP contribution in [-0.2, 0) is 16.1 Å². The molecule has 0 aliphatic rings. The van der Waals surface area contributed by atoms with Gasteiger partial charge in [0.25, 0.3) is 11.8 Å². The summed E-state index contributed by atoms with van der Waals surface area (Å²) in [7, 11) is 1.57. The summed E-state index contributed by atoms with van der Waals surface area (Å²) in [5.41, 5.74) is 3.25. The number of rotatable bonds is 11. The van der Waals surface area contributed by atoms with Crippen LogP contribution in [0.1, 0.15) is 26.3 Å². The van der Waals surface area contributed by atoms with Crippen LogP contribution in [0.25, 0.3) is 0 Å². The molecule has 8 heteroatoms. The van der Waals surface area contributed by atoms with E-state index in [1.165, 1.54) is 0 Å². The molecule has 0 radical (unpaired) electrons. The summed E-state index contributed by atoms with van der Waals surface area (Å²) in [6.07, 6.45) is 0. The van der Waals surface area contributed by atoms with Crippen LogP contribution in [0, 0.1) is 0 Å². The fourth-order valence-corrected chi connectivity index (χ4v) is 3.11. The molecule has 3 aromatic rings. The van der Waals surface area contributed by atoms with Gasteiger partial charge in [0.15, 0.2) is 0 Å². The molecule has 0 unspecified atom stereocenters. The smallest absolute Gasteiger partial charge is 0.251 e. The Hall–Kier alpha value is -4.17. The Kier molecular flexibility index (Phi) is 9.19. The second-order valence-corrected chi connectivity index (χ2v) is 7.48. The normalized spacial score (nSPS) is 10.3. The largest absolute Gasteiger partial charge is 0.383 e. The lowest BCUT2D eigenvalue weighted by Crippen LogP contribution is -2.27. The van der Waals surface area contributed by atoms with Crippen molar-refractivity contribution in [3.63, 3.8) is 0 Å². The number of methoxy groups -OCH3 is 1. The number of amides is 3. The van der Waals surface area contributed by atoms with E-state index in [0.29, 0.717) is 42.2 Å². The fourth-order valence-electron chi connectivity index (χ4n) is 3.11. The van der Waals surface area contributed by atoms with Crippen LogP contribution in [0.5, 0.6) is 0 Å². The van der Waals surface area contributed by atoms with Gasteiger partial charge >= 0.3 is 0 Å². The number of carbonyl (C=O) groups excluding carboxylic acids is 3. The standard InChI is InChI=1S/C26H28N4O4/c1-34-15-14-27-26(33)21-8-5-9-23(16-21)28-18-24(31)30-22-12-10-20(11-13-22)25(32)29-17-19-6-3-2-4-7-19/h2-13,16,28H,14-15,17-18H2,1H3,(H,27,33)(H,29,32)(H,30,31). The molecule has 34 heavy (non-hydrogen) atoms. The Morgan fingerprint density at radius 3 is 2.24 bits per heavy atom. The third-order valence-corrected chi connectivity index (χ3v) is 4.90. The highest BCUT2D eigenvalue weighted by atomic mass is 16.5. The molecule has 0 bridgehead atoms. The van der Waals surface area contributed by atoms with E-state index in [1.807, 2.05) is 30.3 Å². The molecule has 0 atom stereocenters. The molecule has 8 nitrogen and oxygen atoms in total. The van der Waals surface area contributed by atoms with Crippen molar-refractivity contribution in [2.45, 2.75) is 6.54 Å². The van der Waals surface area contributed by atoms with Crippen molar-refractivity contribution in [1.82, 2.24) is 10.6 Å². The first-order chi connectivity index (χ1) is 16.5. The maximum Gasteiger partial charge on any atom is 0.251 e. The Morgan fingerprint density at radius 2 is 1.50 bits per heavy atom. The van der Waals surface area contributed by atoms with Gasteiger partial charge in [0.05, 0.1) is 13.2 Å². The van der Waals surface area contributed by atoms with Crippen LogP contribution in [-0.4, -0.2) is 44.5 Å². The fraction of sp³-hybridized carbons (Fsp3) is 0.192. The highest BCUT2D eigenvalue weighted by Gasteiger charge is 2.09. The van der Waals surface area contributed by atoms with E-state index in [0.717, 1.165) is 5.56 Å². The molecule has 0 saturated heterocycles. The summed E-state index contributed by atoms with van der Waals surface area (Å²) in [5, 5.41) is 11.4. The molecule has 0 aliphatic heterocycles. The van der Waals surface area contributed by atoms with Gasteiger partial charge < -0.3 is 26.0 Å². The summed E-state index contributed by atoms with van der Waals surface area (Å²) in [5.74, 6) is -0.649. The predicted molar refractivity (Wildman–Crippen MR) is 132 cm³/mol. The molecular formula is C26H28N4O4. The highest BCUT2D eigenvalue weighted by Crippen LogP contribution is 2.12. The van der Waals surface area contributed by atoms with E-state index in [1.54, 1.807) is 55.6 Å². The molecule has 0 spiro atoms. The molecule has 0 aromatic heterocycles. The number of nitrogens with one attached hydrogen (secondary N) is 4. The summed E-state index contributed by atoms with van der Waals surface area (Å²) < 4.78 is 4.92. The highest BCUT2D eigenvalue weighted by molar-refractivity contribution is 5.97. The summed E-state index contributed by atoms with van der Waals surface area (Å²) >= 11 is 0. The van der Waals surface area contributed by atoms with Crippen molar-refractivity contribution < 1.29 is 19.1 Å². The minimum absolute atomic E-state index is 0.0219. The van der Waals surface area contributed by atoms with E-state index in [4.69, 9.17) is 4.74 Å². The monoisotopic (exact) mass is 460 g/mol. The molecule has 0 aliphatic carbocycles. The average Bonchev–Trinajstić information content (AvgIpc) is 2.87. The minimum atomic E-state index is -0.253. The van der Waals surface area contributed by atoms with Crippen LogP contribution in [0.2, 0.25) is 0 Å². The molecule has 3 rings (SSSR count). The topological polar surface area (TPSA) is 109 Å². The lowest BCUT2D eigenvalue weighted by atomic mass is 10.1. The number of benzene rings is 3. The van der Waals surface area contributed by atoms with Gasteiger partial charge in [0, 0.05) is 42.7 Å². The van der Waals surface area contributed by atoms with Crippen LogP contribution in [0.4, 0.5) is 11.4 Å². The van der Waals surface area contributed by atoms with Crippen molar-refractivity contribution >= 4 is 29.1 Å². The zero-order chi connectivity index (χ0) is 24.2. The third kappa shape index (κ3) is 7.75. The predicted octanol–water partition coefficient (Wildman–Crippen LogP) is 3.04. The Bertz CT molecular complexity index is 1100. The number of anilines is 2. The average molecular weight is 461 g/mol. The van der Waals surface area contributed by atoms with E-state index in [9.17, 15) is 14.4 Å². The van der Waals surface area contributed by atoms with E-state index in [2.05, 4.69) is 21.3 Å². The van der Waals surface area contributed by atoms with Crippen LogP contribution < -0.4 is 21.3 Å². The molecule has 4 N–H and O–H groups in total. The molecular weight excluding hydrogens is 432 g/mol. The quantitative estimate of drug-likeness (QED) is 0.329. The Morgan fingerprint density at radius 1 is 0.765 bits per heavy atom. The van der Waals surface area contributed by atoms with Crippen molar-refractivity contribution in [2.24, 2.45) is 0 Å². The first kappa shape index (κ1) is 24.5. The second-order valence-electron chi connectivity index (χ2n) is 7.48. The molecule has 0 heterocycles.